The summed E-state index contributed by atoms with van der Waals surface area (Å²) in [6, 6.07) is 10.6. The number of halogens is 2. The van der Waals surface area contributed by atoms with Crippen molar-refractivity contribution in [2.24, 2.45) is 0 Å². The molecule has 2 aromatic rings. The molecular weight excluding hydrogens is 356 g/mol. The van der Waals surface area contributed by atoms with Gasteiger partial charge in [0.15, 0.2) is 17.3 Å². The van der Waals surface area contributed by atoms with Gasteiger partial charge in [-0.05, 0) is 35.9 Å². The van der Waals surface area contributed by atoms with Crippen LogP contribution in [0, 0.1) is 0 Å². The summed E-state index contributed by atoms with van der Waals surface area (Å²) in [5.74, 6) is 1.19. The average Bonchev–Trinajstić information content (AvgIpc) is 2.49. The minimum absolute atomic E-state index is 0.0477. The van der Waals surface area contributed by atoms with E-state index < -0.39 is 0 Å². The fraction of sp³-hybridized carbons (Fsp3) is 0.188. The van der Waals surface area contributed by atoms with E-state index in [0.717, 1.165) is 10.0 Å². The molecule has 0 aliphatic rings. The molecule has 0 unspecified atom stereocenters. The molecule has 21 heavy (non-hydrogen) atoms. The summed E-state index contributed by atoms with van der Waals surface area (Å²) in [5.41, 5.74) is 1.34. The van der Waals surface area contributed by atoms with Crippen molar-refractivity contribution in [3.8, 4) is 11.5 Å². The highest BCUT2D eigenvalue weighted by molar-refractivity contribution is 9.10. The fourth-order valence-electron chi connectivity index (χ4n) is 1.98. The molecule has 0 amide bonds. The lowest BCUT2D eigenvalue weighted by molar-refractivity contribution is 0.0993. The Balaban J connectivity index is 2.25. The van der Waals surface area contributed by atoms with Crippen molar-refractivity contribution in [2.45, 2.75) is 6.42 Å². The Morgan fingerprint density at radius 3 is 2.48 bits per heavy atom. The number of hydrogen-bond donors (Lipinski definition) is 0. The van der Waals surface area contributed by atoms with Gasteiger partial charge < -0.3 is 9.47 Å². The van der Waals surface area contributed by atoms with Crippen LogP contribution in [0.1, 0.15) is 15.9 Å². The van der Waals surface area contributed by atoms with Crippen LogP contribution in [0.25, 0.3) is 0 Å². The van der Waals surface area contributed by atoms with Gasteiger partial charge in [-0.2, -0.15) is 0 Å². The van der Waals surface area contributed by atoms with Gasteiger partial charge in [-0.1, -0.05) is 33.6 Å². The minimum atomic E-state index is -0.0477. The molecule has 0 aliphatic carbocycles. The van der Waals surface area contributed by atoms with Crippen LogP contribution in [-0.2, 0) is 6.42 Å². The lowest BCUT2D eigenvalue weighted by atomic mass is 10.0. The molecule has 2 aromatic carbocycles. The molecule has 5 heteroatoms. The summed E-state index contributed by atoms with van der Waals surface area (Å²) in [6.07, 6.45) is 0.247. The Bertz CT molecular complexity index is 671. The molecule has 0 fully saturated rings. The van der Waals surface area contributed by atoms with Crippen LogP contribution in [0.4, 0.5) is 0 Å². The highest BCUT2D eigenvalue weighted by Gasteiger charge is 2.13. The molecule has 0 bridgehead atoms. The normalized spacial score (nSPS) is 10.3. The van der Waals surface area contributed by atoms with E-state index in [1.54, 1.807) is 44.6 Å². The summed E-state index contributed by atoms with van der Waals surface area (Å²) in [7, 11) is 3.14. The Morgan fingerprint density at radius 1 is 1.10 bits per heavy atom. The molecule has 0 spiro atoms. The van der Waals surface area contributed by atoms with Crippen LogP contribution < -0.4 is 9.47 Å². The SMILES string of the molecule is COc1ccc(CC(=O)c2cc(Br)ccc2Cl)cc1OC. The first-order chi connectivity index (χ1) is 10.0. The third kappa shape index (κ3) is 3.77. The van der Waals surface area contributed by atoms with Crippen LogP contribution >= 0.6 is 27.5 Å². The first-order valence-corrected chi connectivity index (χ1v) is 7.41. The van der Waals surface area contributed by atoms with Gasteiger partial charge >= 0.3 is 0 Å². The third-order valence-corrected chi connectivity index (χ3v) is 3.86. The van der Waals surface area contributed by atoms with Crippen molar-refractivity contribution in [1.82, 2.24) is 0 Å². The zero-order chi connectivity index (χ0) is 15.4. The van der Waals surface area contributed by atoms with Gasteiger partial charge in [-0.25, -0.2) is 0 Å². The van der Waals surface area contributed by atoms with Gasteiger partial charge in [-0.3, -0.25) is 4.79 Å². The number of benzene rings is 2. The van der Waals surface area contributed by atoms with Crippen molar-refractivity contribution >= 4 is 33.3 Å². The van der Waals surface area contributed by atoms with Crippen LogP contribution in [0.15, 0.2) is 40.9 Å². The molecule has 0 aromatic heterocycles. The second kappa shape index (κ2) is 6.96. The van der Waals surface area contributed by atoms with E-state index in [4.69, 9.17) is 21.1 Å². The lowest BCUT2D eigenvalue weighted by Crippen LogP contribution is -2.05. The van der Waals surface area contributed by atoms with Gasteiger partial charge in [0.2, 0.25) is 0 Å². The van der Waals surface area contributed by atoms with E-state index >= 15 is 0 Å². The smallest absolute Gasteiger partial charge is 0.168 e. The monoisotopic (exact) mass is 368 g/mol. The summed E-state index contributed by atoms with van der Waals surface area (Å²) in [6.45, 7) is 0. The molecule has 2 rings (SSSR count). The first kappa shape index (κ1) is 15.9. The molecule has 110 valence electrons. The number of Topliss-reactive ketones (excluding diaryl/α,β-unsaturated/α-hetero) is 1. The van der Waals surface area contributed by atoms with Gasteiger partial charge in [0.25, 0.3) is 0 Å². The molecular formula is C16H14BrClO3. The number of carbonyl (C=O) groups is 1. The number of carbonyl (C=O) groups excluding carboxylic acids is 1. The van der Waals surface area contributed by atoms with Gasteiger partial charge in [0.05, 0.1) is 19.2 Å². The number of ether oxygens (including phenoxy) is 2. The maximum atomic E-state index is 12.4. The summed E-state index contributed by atoms with van der Waals surface area (Å²) < 4.78 is 11.2. The topological polar surface area (TPSA) is 35.5 Å². The van der Waals surface area contributed by atoms with Crippen LogP contribution in [-0.4, -0.2) is 20.0 Å². The van der Waals surface area contributed by atoms with Gasteiger partial charge in [-0.15, -0.1) is 0 Å². The van der Waals surface area contributed by atoms with E-state index in [9.17, 15) is 4.79 Å². The van der Waals surface area contributed by atoms with Crippen LogP contribution in [0.3, 0.4) is 0 Å². The minimum Gasteiger partial charge on any atom is -0.493 e. The Morgan fingerprint density at radius 2 is 1.81 bits per heavy atom. The number of rotatable bonds is 5. The van der Waals surface area contributed by atoms with E-state index in [2.05, 4.69) is 15.9 Å². The van der Waals surface area contributed by atoms with Crippen molar-refractivity contribution in [3.63, 3.8) is 0 Å². The predicted molar refractivity (Wildman–Crippen MR) is 86.7 cm³/mol. The van der Waals surface area contributed by atoms with E-state index in [1.165, 1.54) is 0 Å². The largest absolute Gasteiger partial charge is 0.493 e. The van der Waals surface area contributed by atoms with Gasteiger partial charge in [0, 0.05) is 16.5 Å². The van der Waals surface area contributed by atoms with Crippen molar-refractivity contribution in [1.29, 1.82) is 0 Å². The molecule has 0 heterocycles. The quantitative estimate of drug-likeness (QED) is 0.726. The maximum Gasteiger partial charge on any atom is 0.168 e. The zero-order valence-electron chi connectivity index (χ0n) is 11.7. The van der Waals surface area contributed by atoms with E-state index in [0.29, 0.717) is 22.1 Å². The van der Waals surface area contributed by atoms with Crippen LogP contribution in [0.2, 0.25) is 5.02 Å². The average molecular weight is 370 g/mol. The van der Waals surface area contributed by atoms with E-state index in [1.807, 2.05) is 6.07 Å². The molecule has 0 aliphatic heterocycles. The second-order valence-electron chi connectivity index (χ2n) is 4.41. The maximum absolute atomic E-state index is 12.4. The van der Waals surface area contributed by atoms with Gasteiger partial charge in [0.1, 0.15) is 0 Å². The zero-order valence-corrected chi connectivity index (χ0v) is 14.0. The fourth-order valence-corrected chi connectivity index (χ4v) is 2.57. The number of hydrogen-bond acceptors (Lipinski definition) is 3. The Kier molecular flexibility index (Phi) is 5.26. The van der Waals surface area contributed by atoms with Crippen LogP contribution in [0.5, 0.6) is 11.5 Å². The molecule has 0 radical (unpaired) electrons. The number of ketones is 1. The van der Waals surface area contributed by atoms with Crippen molar-refractivity contribution < 1.29 is 14.3 Å². The van der Waals surface area contributed by atoms with E-state index in [-0.39, 0.29) is 12.2 Å². The molecule has 0 N–H and O–H groups in total. The highest BCUT2D eigenvalue weighted by atomic mass is 79.9. The second-order valence-corrected chi connectivity index (χ2v) is 5.74. The molecule has 0 saturated carbocycles. The summed E-state index contributed by atoms with van der Waals surface area (Å²) in [4.78, 5) is 12.4. The highest BCUT2D eigenvalue weighted by Crippen LogP contribution is 2.29. The Hall–Kier alpha value is -1.52. The number of methoxy groups -OCH3 is 2. The predicted octanol–water partition coefficient (Wildman–Crippen LogP) is 4.55. The Labute approximate surface area is 137 Å². The van der Waals surface area contributed by atoms with Crippen molar-refractivity contribution in [2.75, 3.05) is 14.2 Å². The third-order valence-electron chi connectivity index (χ3n) is 3.04. The summed E-state index contributed by atoms with van der Waals surface area (Å²) >= 11 is 9.42. The first-order valence-electron chi connectivity index (χ1n) is 6.24. The lowest BCUT2D eigenvalue weighted by Gasteiger charge is -2.10. The molecule has 0 atom stereocenters. The van der Waals surface area contributed by atoms with Crippen molar-refractivity contribution in [3.05, 3.63) is 57.0 Å². The summed E-state index contributed by atoms with van der Waals surface area (Å²) in [5, 5.41) is 0.448. The molecule has 3 nitrogen and oxygen atoms in total. The molecule has 0 saturated heterocycles. The standard InChI is InChI=1S/C16H14BrClO3/c1-20-15-6-3-10(8-16(15)21-2)7-14(19)12-9-11(17)4-5-13(12)18/h3-6,8-9H,7H2,1-2H3.